The van der Waals surface area contributed by atoms with Gasteiger partial charge in [-0.1, -0.05) is 36.4 Å². The van der Waals surface area contributed by atoms with Gasteiger partial charge in [-0.15, -0.1) is 0 Å². The second-order valence-electron chi connectivity index (χ2n) is 7.51. The van der Waals surface area contributed by atoms with E-state index in [-0.39, 0.29) is 5.91 Å². The summed E-state index contributed by atoms with van der Waals surface area (Å²) >= 11 is 0. The first-order valence-electron chi connectivity index (χ1n) is 10.8. The van der Waals surface area contributed by atoms with E-state index in [1.165, 1.54) is 0 Å². The minimum absolute atomic E-state index is 0.246. The Bertz CT molecular complexity index is 1210. The second kappa shape index (κ2) is 10.5. The molecule has 0 spiro atoms. The van der Waals surface area contributed by atoms with E-state index in [9.17, 15) is 4.79 Å². The number of nitrogens with one attached hydrogen (secondary N) is 1. The zero-order valence-electron chi connectivity index (χ0n) is 18.7. The maximum absolute atomic E-state index is 13.0. The molecule has 2 heterocycles. The van der Waals surface area contributed by atoms with E-state index in [0.29, 0.717) is 42.6 Å². The molecule has 0 saturated heterocycles. The van der Waals surface area contributed by atoms with Crippen LogP contribution in [0.1, 0.15) is 34.1 Å². The van der Waals surface area contributed by atoms with Gasteiger partial charge in [0.2, 0.25) is 0 Å². The number of nitrogens with zero attached hydrogens (tertiary/aromatic N) is 3. The number of carbonyl (C=O) groups is 1. The molecule has 4 rings (SSSR count). The maximum Gasteiger partial charge on any atom is 0.256 e. The molecule has 1 N–H and O–H groups in total. The molecule has 168 valence electrons. The molecule has 0 aliphatic rings. The van der Waals surface area contributed by atoms with E-state index in [0.717, 1.165) is 16.8 Å². The molecule has 0 atom stereocenters. The van der Waals surface area contributed by atoms with E-state index in [4.69, 9.17) is 9.47 Å². The molecular formula is C26H26N4O3. The van der Waals surface area contributed by atoms with Crippen LogP contribution in [0.2, 0.25) is 0 Å². The largest absolute Gasteiger partial charge is 0.490 e. The molecule has 0 aliphatic heterocycles. The van der Waals surface area contributed by atoms with Gasteiger partial charge in [-0.2, -0.15) is 5.10 Å². The van der Waals surface area contributed by atoms with Crippen LogP contribution in [0.15, 0.2) is 79.1 Å². The SMILES string of the molecule is CCOc1cc(C(=O)Nc2cc(C)nn2Cc2ccccc2)ccc1OCc1cccnc1. The fourth-order valence-electron chi connectivity index (χ4n) is 3.39. The predicted molar refractivity (Wildman–Crippen MR) is 127 cm³/mol. The van der Waals surface area contributed by atoms with Gasteiger partial charge in [0.1, 0.15) is 12.4 Å². The first-order chi connectivity index (χ1) is 16.1. The summed E-state index contributed by atoms with van der Waals surface area (Å²) in [5.74, 6) is 1.48. The van der Waals surface area contributed by atoms with Crippen molar-refractivity contribution in [1.29, 1.82) is 0 Å². The summed E-state index contributed by atoms with van der Waals surface area (Å²) in [5.41, 5.74) is 3.35. The first kappa shape index (κ1) is 22.1. The van der Waals surface area contributed by atoms with Gasteiger partial charge in [-0.25, -0.2) is 4.68 Å². The average molecular weight is 443 g/mol. The fraction of sp³-hybridized carbons (Fsp3) is 0.192. The fourth-order valence-corrected chi connectivity index (χ4v) is 3.39. The molecular weight excluding hydrogens is 416 g/mol. The summed E-state index contributed by atoms with van der Waals surface area (Å²) in [4.78, 5) is 17.1. The lowest BCUT2D eigenvalue weighted by Crippen LogP contribution is -2.16. The Labute approximate surface area is 193 Å². The summed E-state index contributed by atoms with van der Waals surface area (Å²) in [7, 11) is 0. The zero-order chi connectivity index (χ0) is 23.0. The Kier molecular flexibility index (Phi) is 6.99. The lowest BCUT2D eigenvalue weighted by atomic mass is 10.2. The lowest BCUT2D eigenvalue weighted by Gasteiger charge is -2.14. The van der Waals surface area contributed by atoms with E-state index in [1.807, 2.05) is 62.4 Å². The molecule has 4 aromatic rings. The molecule has 7 heteroatoms. The van der Waals surface area contributed by atoms with Gasteiger partial charge in [0.25, 0.3) is 5.91 Å². The summed E-state index contributed by atoms with van der Waals surface area (Å²) < 4.78 is 13.4. The van der Waals surface area contributed by atoms with Crippen LogP contribution in [0, 0.1) is 6.92 Å². The van der Waals surface area contributed by atoms with Crippen LogP contribution in [0.3, 0.4) is 0 Å². The van der Waals surface area contributed by atoms with Crippen molar-refractivity contribution in [3.8, 4) is 11.5 Å². The van der Waals surface area contributed by atoms with Crippen molar-refractivity contribution in [2.45, 2.75) is 27.0 Å². The van der Waals surface area contributed by atoms with Gasteiger partial charge in [-0.3, -0.25) is 9.78 Å². The van der Waals surface area contributed by atoms with Gasteiger partial charge in [-0.05, 0) is 43.7 Å². The standard InChI is InChI=1S/C26H26N4O3/c1-3-32-24-15-22(11-12-23(24)33-18-21-10-7-13-27-16-21)26(31)28-25-14-19(2)29-30(25)17-20-8-5-4-6-9-20/h4-16H,3,17-18H2,1-2H3,(H,28,31). The smallest absolute Gasteiger partial charge is 0.256 e. The third kappa shape index (κ3) is 5.77. The molecule has 2 aromatic carbocycles. The number of hydrogen-bond acceptors (Lipinski definition) is 5. The highest BCUT2D eigenvalue weighted by Gasteiger charge is 2.15. The van der Waals surface area contributed by atoms with Crippen LogP contribution in [-0.4, -0.2) is 27.3 Å². The summed E-state index contributed by atoms with van der Waals surface area (Å²) in [6.07, 6.45) is 3.47. The molecule has 0 fully saturated rings. The maximum atomic E-state index is 13.0. The van der Waals surface area contributed by atoms with Crippen molar-refractivity contribution >= 4 is 11.7 Å². The normalized spacial score (nSPS) is 10.6. The number of carbonyl (C=O) groups excluding carboxylic acids is 1. The van der Waals surface area contributed by atoms with Crippen molar-refractivity contribution in [3.05, 3.63) is 102 Å². The van der Waals surface area contributed by atoms with Crippen molar-refractivity contribution < 1.29 is 14.3 Å². The Morgan fingerprint density at radius 2 is 1.79 bits per heavy atom. The molecule has 0 bridgehead atoms. The van der Waals surface area contributed by atoms with Gasteiger partial charge in [0.05, 0.1) is 18.8 Å². The third-order valence-electron chi connectivity index (χ3n) is 4.94. The molecule has 1 amide bonds. The second-order valence-corrected chi connectivity index (χ2v) is 7.51. The Morgan fingerprint density at radius 1 is 0.970 bits per heavy atom. The van der Waals surface area contributed by atoms with Crippen LogP contribution in [0.5, 0.6) is 11.5 Å². The minimum atomic E-state index is -0.246. The van der Waals surface area contributed by atoms with Crippen molar-refractivity contribution in [1.82, 2.24) is 14.8 Å². The molecule has 0 unspecified atom stereocenters. The highest BCUT2D eigenvalue weighted by molar-refractivity contribution is 6.04. The van der Waals surface area contributed by atoms with Crippen LogP contribution >= 0.6 is 0 Å². The topological polar surface area (TPSA) is 78.3 Å². The number of aromatic nitrogens is 3. The van der Waals surface area contributed by atoms with Crippen LogP contribution in [0.4, 0.5) is 5.82 Å². The van der Waals surface area contributed by atoms with E-state index >= 15 is 0 Å². The van der Waals surface area contributed by atoms with Crippen LogP contribution < -0.4 is 14.8 Å². The van der Waals surface area contributed by atoms with Crippen LogP contribution in [0.25, 0.3) is 0 Å². The molecule has 2 aromatic heterocycles. The number of anilines is 1. The number of aryl methyl sites for hydroxylation is 1. The minimum Gasteiger partial charge on any atom is -0.490 e. The highest BCUT2D eigenvalue weighted by atomic mass is 16.5. The third-order valence-corrected chi connectivity index (χ3v) is 4.94. The highest BCUT2D eigenvalue weighted by Crippen LogP contribution is 2.29. The van der Waals surface area contributed by atoms with Gasteiger partial charge in [0.15, 0.2) is 11.5 Å². The molecule has 0 aliphatic carbocycles. The average Bonchev–Trinajstić information content (AvgIpc) is 3.17. The van der Waals surface area contributed by atoms with Gasteiger partial charge >= 0.3 is 0 Å². The number of ether oxygens (including phenoxy) is 2. The summed E-state index contributed by atoms with van der Waals surface area (Å²) in [5, 5.41) is 7.49. The monoisotopic (exact) mass is 442 g/mol. The molecule has 7 nitrogen and oxygen atoms in total. The van der Waals surface area contributed by atoms with E-state index in [2.05, 4.69) is 15.4 Å². The zero-order valence-corrected chi connectivity index (χ0v) is 18.7. The summed E-state index contributed by atoms with van der Waals surface area (Å²) in [6, 6.07) is 20.8. The van der Waals surface area contributed by atoms with Gasteiger partial charge in [0, 0.05) is 29.6 Å². The predicted octanol–water partition coefficient (Wildman–Crippen LogP) is 4.86. The number of rotatable bonds is 9. The molecule has 0 radical (unpaired) electrons. The molecule has 0 saturated carbocycles. The molecule has 33 heavy (non-hydrogen) atoms. The van der Waals surface area contributed by atoms with Gasteiger partial charge < -0.3 is 14.8 Å². The number of amides is 1. The lowest BCUT2D eigenvalue weighted by molar-refractivity contribution is 0.102. The van der Waals surface area contributed by atoms with Crippen molar-refractivity contribution in [2.24, 2.45) is 0 Å². The quantitative estimate of drug-likeness (QED) is 0.400. The summed E-state index contributed by atoms with van der Waals surface area (Å²) in [6.45, 7) is 5.17. The van der Waals surface area contributed by atoms with E-state index in [1.54, 1.807) is 35.3 Å². The van der Waals surface area contributed by atoms with Crippen molar-refractivity contribution in [3.63, 3.8) is 0 Å². The van der Waals surface area contributed by atoms with Crippen molar-refractivity contribution in [2.75, 3.05) is 11.9 Å². The number of benzene rings is 2. The Hall–Kier alpha value is -4.13. The first-order valence-corrected chi connectivity index (χ1v) is 10.8. The number of hydrogen-bond donors (Lipinski definition) is 1. The Morgan fingerprint density at radius 3 is 2.55 bits per heavy atom. The Balaban J connectivity index is 1.50. The van der Waals surface area contributed by atoms with E-state index < -0.39 is 0 Å². The number of pyridine rings is 1. The van der Waals surface area contributed by atoms with Crippen LogP contribution in [-0.2, 0) is 13.2 Å².